The molecule has 6 nitrogen and oxygen atoms in total. The Morgan fingerprint density at radius 3 is 2.96 bits per heavy atom. The number of hydrogen-bond acceptors (Lipinski definition) is 5. The SMILES string of the molecule is O=C(CCCc1nc(-c2ccc(Cl)cc2)no1)NC1CCNC1. The number of halogens is 1. The van der Waals surface area contributed by atoms with Crippen molar-refractivity contribution >= 4 is 17.5 Å². The molecule has 3 rings (SSSR count). The predicted molar refractivity (Wildman–Crippen MR) is 87.1 cm³/mol. The van der Waals surface area contributed by atoms with Gasteiger partial charge in [-0.1, -0.05) is 16.8 Å². The van der Waals surface area contributed by atoms with Crippen LogP contribution in [0.15, 0.2) is 28.8 Å². The number of amides is 1. The first-order valence-electron chi connectivity index (χ1n) is 7.79. The molecule has 23 heavy (non-hydrogen) atoms. The van der Waals surface area contributed by atoms with Crippen molar-refractivity contribution in [2.45, 2.75) is 31.7 Å². The lowest BCUT2D eigenvalue weighted by molar-refractivity contribution is -0.121. The molecule has 1 amide bonds. The number of rotatable bonds is 6. The number of hydrogen-bond donors (Lipinski definition) is 2. The van der Waals surface area contributed by atoms with Gasteiger partial charge in [0.25, 0.3) is 0 Å². The van der Waals surface area contributed by atoms with E-state index < -0.39 is 0 Å². The zero-order chi connectivity index (χ0) is 16.1. The standard InChI is InChI=1S/C16H19ClN4O2/c17-12-6-4-11(5-7-12)16-20-15(23-21-16)3-1-2-14(22)19-13-8-9-18-10-13/h4-7,13,18H,1-3,8-10H2,(H,19,22). The van der Waals surface area contributed by atoms with Crippen molar-refractivity contribution < 1.29 is 9.32 Å². The highest BCUT2D eigenvalue weighted by Gasteiger charge is 2.16. The molecule has 2 N–H and O–H groups in total. The van der Waals surface area contributed by atoms with E-state index in [2.05, 4.69) is 20.8 Å². The van der Waals surface area contributed by atoms with E-state index in [9.17, 15) is 4.79 Å². The second-order valence-electron chi connectivity index (χ2n) is 5.63. The van der Waals surface area contributed by atoms with Crippen molar-refractivity contribution in [3.8, 4) is 11.4 Å². The van der Waals surface area contributed by atoms with Gasteiger partial charge in [-0.15, -0.1) is 0 Å². The maximum Gasteiger partial charge on any atom is 0.226 e. The maximum atomic E-state index is 11.8. The van der Waals surface area contributed by atoms with Gasteiger partial charge in [-0.3, -0.25) is 4.79 Å². The molecule has 1 aromatic carbocycles. The number of benzene rings is 1. The molecular weight excluding hydrogens is 316 g/mol. The highest BCUT2D eigenvalue weighted by atomic mass is 35.5. The summed E-state index contributed by atoms with van der Waals surface area (Å²) in [5.41, 5.74) is 0.857. The maximum absolute atomic E-state index is 11.8. The number of carbonyl (C=O) groups is 1. The van der Waals surface area contributed by atoms with Crippen LogP contribution in [0.1, 0.15) is 25.2 Å². The third-order valence-corrected chi connectivity index (χ3v) is 4.04. The van der Waals surface area contributed by atoms with E-state index in [1.807, 2.05) is 12.1 Å². The Kier molecular flexibility index (Phi) is 5.25. The number of nitrogens with one attached hydrogen (secondary N) is 2. The van der Waals surface area contributed by atoms with Crippen molar-refractivity contribution in [3.63, 3.8) is 0 Å². The monoisotopic (exact) mass is 334 g/mol. The fourth-order valence-electron chi connectivity index (χ4n) is 2.55. The van der Waals surface area contributed by atoms with Gasteiger partial charge in [0.1, 0.15) is 0 Å². The normalized spacial score (nSPS) is 17.3. The van der Waals surface area contributed by atoms with Crippen molar-refractivity contribution in [2.75, 3.05) is 13.1 Å². The molecule has 0 radical (unpaired) electrons. The first kappa shape index (κ1) is 16.0. The van der Waals surface area contributed by atoms with Crippen LogP contribution in [0.4, 0.5) is 0 Å². The fourth-order valence-corrected chi connectivity index (χ4v) is 2.68. The van der Waals surface area contributed by atoms with Gasteiger partial charge in [-0.25, -0.2) is 0 Å². The Hall–Kier alpha value is -1.92. The van der Waals surface area contributed by atoms with Crippen molar-refractivity contribution in [3.05, 3.63) is 35.2 Å². The molecule has 7 heteroatoms. The molecule has 1 aliphatic heterocycles. The Balaban J connectivity index is 1.45. The number of aromatic nitrogens is 2. The fraction of sp³-hybridized carbons (Fsp3) is 0.438. The number of aryl methyl sites for hydroxylation is 1. The molecule has 1 aromatic heterocycles. The summed E-state index contributed by atoms with van der Waals surface area (Å²) >= 11 is 5.86. The molecule has 1 atom stereocenters. The summed E-state index contributed by atoms with van der Waals surface area (Å²) < 4.78 is 5.23. The summed E-state index contributed by atoms with van der Waals surface area (Å²) in [5, 5.41) is 10.9. The van der Waals surface area contributed by atoms with Gasteiger partial charge in [0.05, 0.1) is 0 Å². The van der Waals surface area contributed by atoms with Crippen LogP contribution in [-0.4, -0.2) is 35.2 Å². The van der Waals surface area contributed by atoms with E-state index in [0.29, 0.717) is 36.0 Å². The minimum Gasteiger partial charge on any atom is -0.352 e. The van der Waals surface area contributed by atoms with Crippen molar-refractivity contribution in [1.29, 1.82) is 0 Å². The molecular formula is C16H19ClN4O2. The average Bonchev–Trinajstić information content (AvgIpc) is 3.20. The summed E-state index contributed by atoms with van der Waals surface area (Å²) in [4.78, 5) is 16.2. The van der Waals surface area contributed by atoms with Crippen LogP contribution < -0.4 is 10.6 Å². The Bertz CT molecular complexity index is 650. The van der Waals surface area contributed by atoms with Gasteiger partial charge in [-0.2, -0.15) is 4.98 Å². The third-order valence-electron chi connectivity index (χ3n) is 3.79. The highest BCUT2D eigenvalue weighted by Crippen LogP contribution is 2.19. The van der Waals surface area contributed by atoms with Gasteiger partial charge in [0.15, 0.2) is 0 Å². The first-order valence-corrected chi connectivity index (χ1v) is 8.17. The molecule has 1 unspecified atom stereocenters. The lowest BCUT2D eigenvalue weighted by Gasteiger charge is -2.10. The van der Waals surface area contributed by atoms with Crippen LogP contribution in [0.3, 0.4) is 0 Å². The second-order valence-corrected chi connectivity index (χ2v) is 6.07. The van der Waals surface area contributed by atoms with Crippen LogP contribution in [0.25, 0.3) is 11.4 Å². The molecule has 0 spiro atoms. The summed E-state index contributed by atoms with van der Waals surface area (Å²) in [7, 11) is 0. The van der Waals surface area contributed by atoms with Crippen molar-refractivity contribution in [2.24, 2.45) is 0 Å². The Labute approximate surface area is 139 Å². The van der Waals surface area contributed by atoms with Gasteiger partial charge >= 0.3 is 0 Å². The van der Waals surface area contributed by atoms with E-state index in [4.69, 9.17) is 16.1 Å². The molecule has 2 heterocycles. The van der Waals surface area contributed by atoms with Gasteiger partial charge in [0.2, 0.25) is 17.6 Å². The largest absolute Gasteiger partial charge is 0.352 e. The lowest BCUT2D eigenvalue weighted by atomic mass is 10.2. The van der Waals surface area contributed by atoms with Gasteiger partial charge in [-0.05, 0) is 43.7 Å². The molecule has 1 aliphatic rings. The zero-order valence-corrected chi connectivity index (χ0v) is 13.5. The molecule has 1 saturated heterocycles. The smallest absolute Gasteiger partial charge is 0.226 e. The lowest BCUT2D eigenvalue weighted by Crippen LogP contribution is -2.36. The summed E-state index contributed by atoms with van der Waals surface area (Å²) in [5.74, 6) is 1.17. The minimum atomic E-state index is 0.0798. The molecule has 0 saturated carbocycles. The Morgan fingerprint density at radius 1 is 1.39 bits per heavy atom. The molecule has 1 fully saturated rings. The molecule has 122 valence electrons. The molecule has 2 aromatic rings. The number of carbonyl (C=O) groups excluding carboxylic acids is 1. The van der Waals surface area contributed by atoms with Gasteiger partial charge in [0, 0.05) is 36.0 Å². The van der Waals surface area contributed by atoms with Crippen LogP contribution in [-0.2, 0) is 11.2 Å². The number of nitrogens with zero attached hydrogens (tertiary/aromatic N) is 2. The van der Waals surface area contributed by atoms with Gasteiger partial charge < -0.3 is 15.2 Å². The first-order chi connectivity index (χ1) is 11.2. The molecule has 0 bridgehead atoms. The van der Waals surface area contributed by atoms with Crippen LogP contribution in [0.2, 0.25) is 5.02 Å². The quantitative estimate of drug-likeness (QED) is 0.846. The minimum absolute atomic E-state index is 0.0798. The van der Waals surface area contributed by atoms with E-state index in [1.165, 1.54) is 0 Å². The summed E-state index contributed by atoms with van der Waals surface area (Å²) in [6.45, 7) is 1.83. The van der Waals surface area contributed by atoms with Crippen LogP contribution in [0, 0.1) is 0 Å². The average molecular weight is 335 g/mol. The van der Waals surface area contributed by atoms with E-state index in [1.54, 1.807) is 12.1 Å². The van der Waals surface area contributed by atoms with Crippen LogP contribution >= 0.6 is 11.6 Å². The van der Waals surface area contributed by atoms with Crippen LogP contribution in [0.5, 0.6) is 0 Å². The zero-order valence-electron chi connectivity index (χ0n) is 12.7. The summed E-state index contributed by atoms with van der Waals surface area (Å²) in [6, 6.07) is 7.53. The Morgan fingerprint density at radius 2 is 2.22 bits per heavy atom. The predicted octanol–water partition coefficient (Wildman–Crippen LogP) is 2.19. The van der Waals surface area contributed by atoms with E-state index in [-0.39, 0.29) is 11.9 Å². The topological polar surface area (TPSA) is 80.0 Å². The molecule has 0 aliphatic carbocycles. The third kappa shape index (κ3) is 4.53. The van der Waals surface area contributed by atoms with Crippen molar-refractivity contribution in [1.82, 2.24) is 20.8 Å². The summed E-state index contributed by atoms with van der Waals surface area (Å²) in [6.07, 6.45) is 2.75. The van der Waals surface area contributed by atoms with E-state index >= 15 is 0 Å². The van der Waals surface area contributed by atoms with E-state index in [0.717, 1.165) is 25.1 Å². The second kappa shape index (κ2) is 7.57. The highest BCUT2D eigenvalue weighted by molar-refractivity contribution is 6.30.